The molecule has 2 aromatic carbocycles. The fraction of sp³-hybridized carbons (Fsp3) is 0.357. The number of carbonyl (C=O) groups excluding carboxylic acids is 2. The summed E-state index contributed by atoms with van der Waals surface area (Å²) in [5.74, 6) is -2.37. The number of hydrogen-bond acceptors (Lipinski definition) is 8. The van der Waals surface area contributed by atoms with Gasteiger partial charge in [-0.15, -0.1) is 24.8 Å². The number of nitrogen functional groups attached to an aromatic ring is 1. The molecular formula is C28H37Cl3N6O6S. The minimum absolute atomic E-state index is 0. The van der Waals surface area contributed by atoms with E-state index in [2.05, 4.69) is 0 Å². The average Bonchev–Trinajstić information content (AvgIpc) is 2.92. The second-order valence-electron chi connectivity index (χ2n) is 9.59. The largest absolute Gasteiger partial charge is 0.488 e. The van der Waals surface area contributed by atoms with E-state index in [-0.39, 0.29) is 71.9 Å². The Morgan fingerprint density at radius 3 is 2.36 bits per heavy atom. The molecule has 1 heterocycles. The first kappa shape index (κ1) is 38.5. The van der Waals surface area contributed by atoms with Crippen LogP contribution in [0.3, 0.4) is 0 Å². The van der Waals surface area contributed by atoms with Gasteiger partial charge in [0.2, 0.25) is 10.0 Å². The molecule has 2 aromatic rings. The number of amidine groups is 2. The molecule has 1 saturated heterocycles. The highest BCUT2D eigenvalue weighted by molar-refractivity contribution is 7.93. The Morgan fingerprint density at radius 2 is 1.80 bits per heavy atom. The summed E-state index contributed by atoms with van der Waals surface area (Å²) in [6, 6.07) is 9.41. The van der Waals surface area contributed by atoms with Gasteiger partial charge in [-0.2, -0.15) is 0 Å². The number of hydrogen-bond donors (Lipinski definition) is 4. The number of esters is 1. The Morgan fingerprint density at radius 1 is 1.14 bits per heavy atom. The first-order chi connectivity index (χ1) is 19.8. The van der Waals surface area contributed by atoms with Gasteiger partial charge in [0, 0.05) is 31.5 Å². The Balaban J connectivity index is 0.00000484. The predicted molar refractivity (Wildman–Crippen MR) is 177 cm³/mol. The summed E-state index contributed by atoms with van der Waals surface area (Å²) in [5.41, 5.74) is 12.3. The summed E-state index contributed by atoms with van der Waals surface area (Å²) < 4.78 is 38.7. The lowest BCUT2D eigenvalue weighted by atomic mass is 10.1. The zero-order valence-corrected chi connectivity index (χ0v) is 27.5. The molecule has 0 unspecified atom stereocenters. The van der Waals surface area contributed by atoms with E-state index in [1.807, 2.05) is 4.90 Å². The SMILES string of the molecule is CCOC(=O)CS(=O)(=O)N(C/C=C/c1cccc(C(=N)N)c1)c1cc(Cl)c(OC2CCN(C(C)=N)CC2)c(C(N)=O)c1.Cl.Cl. The Labute approximate surface area is 274 Å². The molecule has 0 radical (unpaired) electrons. The van der Waals surface area contributed by atoms with Gasteiger partial charge in [-0.25, -0.2) is 8.42 Å². The smallest absolute Gasteiger partial charge is 0.323 e. The number of halogens is 3. The average molecular weight is 692 g/mol. The third-order valence-corrected chi connectivity index (χ3v) is 8.42. The number of likely N-dealkylation sites (tertiary alicyclic amines) is 1. The summed E-state index contributed by atoms with van der Waals surface area (Å²) in [4.78, 5) is 26.6. The number of benzene rings is 2. The molecule has 1 aliphatic rings. The number of nitrogens with zero attached hydrogens (tertiary/aromatic N) is 2. The molecule has 0 atom stereocenters. The number of piperidine rings is 1. The van der Waals surface area contributed by atoms with Crippen molar-refractivity contribution in [3.63, 3.8) is 0 Å². The maximum atomic E-state index is 13.4. The number of anilines is 1. The van der Waals surface area contributed by atoms with Crippen LogP contribution >= 0.6 is 36.4 Å². The number of carbonyl (C=O) groups is 2. The molecule has 6 N–H and O–H groups in total. The van der Waals surface area contributed by atoms with Gasteiger partial charge < -0.3 is 25.8 Å². The van der Waals surface area contributed by atoms with Crippen LogP contribution in [0.15, 0.2) is 42.5 Å². The lowest BCUT2D eigenvalue weighted by Gasteiger charge is -2.33. The Kier molecular flexibility index (Phi) is 15.0. The number of ether oxygens (including phenoxy) is 2. The molecule has 3 rings (SSSR count). The van der Waals surface area contributed by atoms with E-state index in [1.54, 1.807) is 50.3 Å². The molecular weight excluding hydrogens is 655 g/mol. The van der Waals surface area contributed by atoms with Crippen molar-refractivity contribution in [2.45, 2.75) is 32.8 Å². The fourth-order valence-electron chi connectivity index (χ4n) is 4.41. The molecule has 0 aromatic heterocycles. The van der Waals surface area contributed by atoms with Gasteiger partial charge in [0.1, 0.15) is 11.9 Å². The second-order valence-corrected chi connectivity index (χ2v) is 11.9. The van der Waals surface area contributed by atoms with E-state index in [0.717, 1.165) is 4.31 Å². The van der Waals surface area contributed by atoms with E-state index in [0.29, 0.717) is 42.9 Å². The van der Waals surface area contributed by atoms with Gasteiger partial charge in [-0.05, 0) is 37.6 Å². The van der Waals surface area contributed by atoms with Gasteiger partial charge in [-0.3, -0.25) is 24.7 Å². The van der Waals surface area contributed by atoms with Gasteiger partial charge >= 0.3 is 5.97 Å². The lowest BCUT2D eigenvalue weighted by Crippen LogP contribution is -2.40. The van der Waals surface area contributed by atoms with Gasteiger partial charge in [0.25, 0.3) is 5.91 Å². The predicted octanol–water partition coefficient (Wildman–Crippen LogP) is 3.82. The highest BCUT2D eigenvalue weighted by Crippen LogP contribution is 2.36. The molecule has 16 heteroatoms. The normalized spacial score (nSPS) is 13.4. The van der Waals surface area contributed by atoms with Crippen molar-refractivity contribution in [3.8, 4) is 5.75 Å². The molecule has 1 fully saturated rings. The molecule has 0 saturated carbocycles. The number of nitrogens with two attached hydrogens (primary N) is 2. The number of primary amides is 1. The van der Waals surface area contributed by atoms with Gasteiger partial charge in [-0.1, -0.05) is 42.0 Å². The standard InChI is InChI=1S/C28H35ClN6O6S.2ClH/c1-3-40-25(36)17-42(38,39)35(11-5-7-19-6-4-8-20(14-19)27(31)32)21-15-23(28(33)37)26(24(29)16-21)41-22-9-12-34(13-10-22)18(2)30;;/h4-8,14-16,22,30H,3,9-13,17H2,1-2H3,(H3,31,32)(H2,33,37);2*1H/b7-5+,30-18?;;. The molecule has 0 aliphatic carbocycles. The quantitative estimate of drug-likeness (QED) is 0.147. The van der Waals surface area contributed by atoms with Crippen molar-refractivity contribution in [2.75, 3.05) is 36.3 Å². The van der Waals surface area contributed by atoms with Crippen LogP contribution in [0.1, 0.15) is 48.2 Å². The third-order valence-electron chi connectivity index (χ3n) is 6.50. The van der Waals surface area contributed by atoms with Crippen molar-refractivity contribution in [2.24, 2.45) is 11.5 Å². The van der Waals surface area contributed by atoms with Crippen molar-refractivity contribution in [3.05, 3.63) is 64.2 Å². The highest BCUT2D eigenvalue weighted by atomic mass is 35.5. The number of sulfonamides is 1. The second kappa shape index (κ2) is 17.1. The van der Waals surface area contributed by atoms with Crippen LogP contribution < -0.4 is 20.5 Å². The number of amides is 1. The summed E-state index contributed by atoms with van der Waals surface area (Å²) in [7, 11) is -4.31. The van der Waals surface area contributed by atoms with Gasteiger partial charge in [0.05, 0.1) is 35.3 Å². The maximum Gasteiger partial charge on any atom is 0.323 e. The molecule has 1 aliphatic heterocycles. The van der Waals surface area contributed by atoms with Crippen LogP contribution in [0.4, 0.5) is 5.69 Å². The summed E-state index contributed by atoms with van der Waals surface area (Å²) >= 11 is 6.56. The van der Waals surface area contributed by atoms with E-state index < -0.39 is 27.7 Å². The fourth-order valence-corrected chi connectivity index (χ4v) is 5.94. The summed E-state index contributed by atoms with van der Waals surface area (Å²) in [6.07, 6.45) is 4.06. The molecule has 12 nitrogen and oxygen atoms in total. The highest BCUT2D eigenvalue weighted by Gasteiger charge is 2.29. The number of nitrogens with one attached hydrogen (secondary N) is 2. The first-order valence-corrected chi connectivity index (χ1v) is 15.2. The molecule has 44 heavy (non-hydrogen) atoms. The van der Waals surface area contributed by atoms with Crippen LogP contribution in [0, 0.1) is 10.8 Å². The van der Waals surface area contributed by atoms with E-state index in [9.17, 15) is 18.0 Å². The number of rotatable bonds is 12. The van der Waals surface area contributed by atoms with Crippen LogP contribution in [0.5, 0.6) is 5.75 Å². The summed E-state index contributed by atoms with van der Waals surface area (Å²) in [5, 5.41) is 15.4. The Bertz CT molecular complexity index is 1500. The Hall–Kier alpha value is -3.52. The van der Waals surface area contributed by atoms with Crippen molar-refractivity contribution < 1.29 is 27.5 Å². The zero-order chi connectivity index (χ0) is 31.0. The van der Waals surface area contributed by atoms with E-state index in [1.165, 1.54) is 12.1 Å². The van der Waals surface area contributed by atoms with Crippen molar-refractivity contribution in [1.82, 2.24) is 4.90 Å². The lowest BCUT2D eigenvalue weighted by molar-refractivity contribution is -0.139. The van der Waals surface area contributed by atoms with Crippen LogP contribution in [-0.2, 0) is 19.6 Å². The molecule has 0 bridgehead atoms. The topological polar surface area (TPSA) is 193 Å². The molecule has 242 valence electrons. The molecule has 1 amide bonds. The summed E-state index contributed by atoms with van der Waals surface area (Å²) in [6.45, 7) is 4.24. The van der Waals surface area contributed by atoms with Crippen LogP contribution in [0.2, 0.25) is 5.02 Å². The van der Waals surface area contributed by atoms with Crippen molar-refractivity contribution >= 4 is 81.7 Å². The van der Waals surface area contributed by atoms with Gasteiger partial charge in [0.15, 0.2) is 11.5 Å². The van der Waals surface area contributed by atoms with Crippen LogP contribution in [0.25, 0.3) is 6.08 Å². The van der Waals surface area contributed by atoms with E-state index >= 15 is 0 Å². The molecule has 0 spiro atoms. The minimum Gasteiger partial charge on any atom is -0.488 e. The van der Waals surface area contributed by atoms with E-state index in [4.69, 9.17) is 43.4 Å². The monoisotopic (exact) mass is 690 g/mol. The zero-order valence-electron chi connectivity index (χ0n) is 24.2. The minimum atomic E-state index is -4.31. The first-order valence-electron chi connectivity index (χ1n) is 13.2. The maximum absolute atomic E-state index is 13.4. The van der Waals surface area contributed by atoms with Crippen molar-refractivity contribution in [1.29, 1.82) is 10.8 Å². The van der Waals surface area contributed by atoms with Crippen LogP contribution in [-0.4, -0.2) is 75.0 Å². The third kappa shape index (κ3) is 10.3.